The second kappa shape index (κ2) is 8.12. The first kappa shape index (κ1) is 13.0. The number of aliphatic hydroxyl groups is 1. The van der Waals surface area contributed by atoms with Gasteiger partial charge in [-0.15, -0.1) is 0 Å². The van der Waals surface area contributed by atoms with Crippen molar-refractivity contribution in [2.75, 3.05) is 26.2 Å². The zero-order valence-corrected chi connectivity index (χ0v) is 10.2. The summed E-state index contributed by atoms with van der Waals surface area (Å²) < 4.78 is 0. The molecular formula is C13H27NO. The van der Waals surface area contributed by atoms with Crippen molar-refractivity contribution in [3.05, 3.63) is 0 Å². The van der Waals surface area contributed by atoms with Gasteiger partial charge in [-0.25, -0.2) is 0 Å². The maximum Gasteiger partial charge on any atom is 0.0431 e. The number of likely N-dealkylation sites (tertiary alicyclic amines) is 1. The van der Waals surface area contributed by atoms with E-state index in [-0.39, 0.29) is 0 Å². The van der Waals surface area contributed by atoms with Crippen LogP contribution in [0.1, 0.15) is 51.9 Å². The van der Waals surface area contributed by atoms with E-state index in [1.54, 1.807) is 0 Å². The fraction of sp³-hybridized carbons (Fsp3) is 1.00. The average molecular weight is 213 g/mol. The molecule has 0 aromatic carbocycles. The molecule has 1 atom stereocenters. The molecule has 0 radical (unpaired) electrons. The van der Waals surface area contributed by atoms with Gasteiger partial charge < -0.3 is 10.0 Å². The summed E-state index contributed by atoms with van der Waals surface area (Å²) in [6, 6.07) is 0. The van der Waals surface area contributed by atoms with Crippen LogP contribution >= 0.6 is 0 Å². The van der Waals surface area contributed by atoms with Gasteiger partial charge in [-0.2, -0.15) is 0 Å². The normalized spacial score (nSPS) is 22.4. The molecule has 0 aromatic rings. The summed E-state index contributed by atoms with van der Waals surface area (Å²) in [5.41, 5.74) is 0. The number of rotatable bonds is 8. The van der Waals surface area contributed by atoms with E-state index in [0.717, 1.165) is 12.3 Å². The van der Waals surface area contributed by atoms with Crippen molar-refractivity contribution >= 4 is 0 Å². The Balaban J connectivity index is 1.94. The minimum absolute atomic E-state index is 0.363. The highest BCUT2D eigenvalue weighted by Gasteiger charge is 2.20. The Hall–Kier alpha value is -0.0800. The van der Waals surface area contributed by atoms with E-state index < -0.39 is 0 Å². The van der Waals surface area contributed by atoms with Crippen LogP contribution in [0.25, 0.3) is 0 Å². The molecule has 1 unspecified atom stereocenters. The van der Waals surface area contributed by atoms with Crippen LogP contribution in [0.2, 0.25) is 0 Å². The summed E-state index contributed by atoms with van der Waals surface area (Å²) >= 11 is 0. The minimum Gasteiger partial charge on any atom is -0.396 e. The van der Waals surface area contributed by atoms with Crippen LogP contribution < -0.4 is 0 Å². The molecule has 1 aliphatic rings. The first-order valence-corrected chi connectivity index (χ1v) is 6.70. The van der Waals surface area contributed by atoms with Gasteiger partial charge in [0.15, 0.2) is 0 Å². The first-order valence-electron chi connectivity index (χ1n) is 6.70. The third-order valence-corrected chi connectivity index (χ3v) is 3.45. The lowest BCUT2D eigenvalue weighted by molar-refractivity contribution is 0.276. The van der Waals surface area contributed by atoms with E-state index in [1.165, 1.54) is 58.2 Å². The van der Waals surface area contributed by atoms with E-state index in [1.807, 2.05) is 0 Å². The summed E-state index contributed by atoms with van der Waals surface area (Å²) in [7, 11) is 0. The topological polar surface area (TPSA) is 23.5 Å². The van der Waals surface area contributed by atoms with E-state index in [0.29, 0.717) is 6.61 Å². The molecule has 15 heavy (non-hydrogen) atoms. The molecule has 0 aromatic heterocycles. The van der Waals surface area contributed by atoms with Gasteiger partial charge in [-0.05, 0) is 44.7 Å². The van der Waals surface area contributed by atoms with Crippen molar-refractivity contribution in [2.24, 2.45) is 5.92 Å². The van der Waals surface area contributed by atoms with Crippen LogP contribution in [0, 0.1) is 5.92 Å². The molecular weight excluding hydrogens is 186 g/mol. The lowest BCUT2D eigenvalue weighted by Gasteiger charge is -2.15. The first-order chi connectivity index (χ1) is 7.36. The number of hydrogen-bond donors (Lipinski definition) is 1. The second-order valence-electron chi connectivity index (χ2n) is 4.88. The third-order valence-electron chi connectivity index (χ3n) is 3.45. The zero-order chi connectivity index (χ0) is 10.9. The molecule has 1 heterocycles. The predicted molar refractivity (Wildman–Crippen MR) is 65.0 cm³/mol. The fourth-order valence-corrected chi connectivity index (χ4v) is 2.56. The van der Waals surface area contributed by atoms with Crippen LogP contribution in [0.4, 0.5) is 0 Å². The van der Waals surface area contributed by atoms with Crippen molar-refractivity contribution in [1.29, 1.82) is 0 Å². The monoisotopic (exact) mass is 213 g/mol. The van der Waals surface area contributed by atoms with Crippen molar-refractivity contribution in [3.63, 3.8) is 0 Å². The number of unbranched alkanes of at least 4 members (excludes halogenated alkanes) is 3. The van der Waals surface area contributed by atoms with Gasteiger partial charge in [0.25, 0.3) is 0 Å². The summed E-state index contributed by atoms with van der Waals surface area (Å²) in [4.78, 5) is 2.62. The van der Waals surface area contributed by atoms with Crippen LogP contribution in [0.5, 0.6) is 0 Å². The van der Waals surface area contributed by atoms with Gasteiger partial charge in [0.1, 0.15) is 0 Å². The lowest BCUT2D eigenvalue weighted by atomic mass is 10.0. The van der Waals surface area contributed by atoms with E-state index in [4.69, 9.17) is 5.11 Å². The minimum atomic E-state index is 0.363. The SMILES string of the molecule is CCCC1CCN(CCCCCCO)C1. The molecule has 0 spiro atoms. The molecule has 1 saturated heterocycles. The number of hydrogen-bond acceptors (Lipinski definition) is 2. The van der Waals surface area contributed by atoms with Gasteiger partial charge >= 0.3 is 0 Å². The highest BCUT2D eigenvalue weighted by Crippen LogP contribution is 2.21. The molecule has 0 saturated carbocycles. The van der Waals surface area contributed by atoms with Gasteiger partial charge in [0.05, 0.1) is 0 Å². The molecule has 1 rings (SSSR count). The summed E-state index contributed by atoms with van der Waals surface area (Å²) in [6.07, 6.45) is 8.97. The molecule has 1 fully saturated rings. The average Bonchev–Trinajstić information content (AvgIpc) is 2.66. The molecule has 0 bridgehead atoms. The summed E-state index contributed by atoms with van der Waals surface area (Å²) in [5, 5.41) is 8.66. The third kappa shape index (κ3) is 5.53. The Morgan fingerprint density at radius 3 is 2.73 bits per heavy atom. The Kier molecular flexibility index (Phi) is 7.03. The largest absolute Gasteiger partial charge is 0.396 e. The Labute approximate surface area is 94.7 Å². The zero-order valence-electron chi connectivity index (χ0n) is 10.2. The molecule has 2 nitrogen and oxygen atoms in total. The van der Waals surface area contributed by atoms with Crippen LogP contribution in [0.15, 0.2) is 0 Å². The number of aliphatic hydroxyl groups excluding tert-OH is 1. The predicted octanol–water partition coefficient (Wildman–Crippen LogP) is 2.66. The highest BCUT2D eigenvalue weighted by atomic mass is 16.2. The van der Waals surface area contributed by atoms with Crippen LogP contribution in [-0.4, -0.2) is 36.2 Å². The lowest BCUT2D eigenvalue weighted by Crippen LogP contribution is -2.21. The fourth-order valence-electron chi connectivity index (χ4n) is 2.56. The van der Waals surface area contributed by atoms with Crippen molar-refractivity contribution in [3.8, 4) is 0 Å². The second-order valence-corrected chi connectivity index (χ2v) is 4.88. The van der Waals surface area contributed by atoms with Gasteiger partial charge in [-0.3, -0.25) is 0 Å². The summed E-state index contributed by atoms with van der Waals surface area (Å²) in [5.74, 6) is 0.979. The Morgan fingerprint density at radius 2 is 2.00 bits per heavy atom. The Morgan fingerprint density at radius 1 is 1.20 bits per heavy atom. The Bertz CT molecular complexity index is 149. The maximum atomic E-state index is 8.66. The van der Waals surface area contributed by atoms with Crippen molar-refractivity contribution < 1.29 is 5.11 Å². The van der Waals surface area contributed by atoms with E-state index in [9.17, 15) is 0 Å². The molecule has 1 N–H and O–H groups in total. The summed E-state index contributed by atoms with van der Waals surface area (Å²) in [6.45, 7) is 6.60. The van der Waals surface area contributed by atoms with Crippen LogP contribution in [-0.2, 0) is 0 Å². The highest BCUT2D eigenvalue weighted by molar-refractivity contribution is 4.74. The van der Waals surface area contributed by atoms with Gasteiger partial charge in [0.2, 0.25) is 0 Å². The van der Waals surface area contributed by atoms with Crippen LogP contribution in [0.3, 0.4) is 0 Å². The molecule has 1 aliphatic heterocycles. The smallest absolute Gasteiger partial charge is 0.0431 e. The van der Waals surface area contributed by atoms with Gasteiger partial charge in [-0.1, -0.05) is 26.2 Å². The molecule has 2 heteroatoms. The van der Waals surface area contributed by atoms with Gasteiger partial charge in [0, 0.05) is 13.2 Å². The number of nitrogens with zero attached hydrogens (tertiary/aromatic N) is 1. The van der Waals surface area contributed by atoms with Crippen molar-refractivity contribution in [1.82, 2.24) is 4.90 Å². The molecule has 0 aliphatic carbocycles. The maximum absolute atomic E-state index is 8.66. The van der Waals surface area contributed by atoms with Crippen molar-refractivity contribution in [2.45, 2.75) is 51.9 Å². The molecule has 90 valence electrons. The van der Waals surface area contributed by atoms with E-state index >= 15 is 0 Å². The quantitative estimate of drug-likeness (QED) is 0.627. The van der Waals surface area contributed by atoms with E-state index in [2.05, 4.69) is 11.8 Å². The standard InChI is InChI=1S/C13H27NO/c1-2-7-13-8-10-14(12-13)9-5-3-4-6-11-15/h13,15H,2-12H2,1H3. The molecule has 0 amide bonds.